The van der Waals surface area contributed by atoms with E-state index in [4.69, 9.17) is 0 Å². The predicted molar refractivity (Wildman–Crippen MR) is 62.3 cm³/mol. The SMILES string of the molecule is CCC(C)(F)CCC(C)C(C)(C)CC. The van der Waals surface area contributed by atoms with E-state index in [2.05, 4.69) is 27.7 Å². The molecule has 0 amide bonds. The molecular formula is C13H27F. The van der Waals surface area contributed by atoms with Crippen LogP contribution in [0.2, 0.25) is 0 Å². The largest absolute Gasteiger partial charge is 0.244 e. The maximum absolute atomic E-state index is 13.7. The van der Waals surface area contributed by atoms with Gasteiger partial charge in [0, 0.05) is 0 Å². The lowest BCUT2D eigenvalue weighted by atomic mass is 9.74. The molecule has 0 fully saturated rings. The molecule has 14 heavy (non-hydrogen) atoms. The second kappa shape index (κ2) is 5.14. The summed E-state index contributed by atoms with van der Waals surface area (Å²) in [5, 5.41) is 0. The fourth-order valence-electron chi connectivity index (χ4n) is 1.43. The van der Waals surface area contributed by atoms with Gasteiger partial charge in [-0.15, -0.1) is 0 Å². The average molecular weight is 202 g/mol. The molecule has 0 saturated heterocycles. The highest BCUT2D eigenvalue weighted by atomic mass is 19.1. The van der Waals surface area contributed by atoms with Gasteiger partial charge in [-0.2, -0.15) is 0 Å². The maximum atomic E-state index is 13.7. The first-order chi connectivity index (χ1) is 6.25. The Morgan fingerprint density at radius 1 is 1.07 bits per heavy atom. The van der Waals surface area contributed by atoms with Crippen molar-refractivity contribution in [2.75, 3.05) is 0 Å². The van der Waals surface area contributed by atoms with E-state index in [0.29, 0.717) is 24.2 Å². The first-order valence-electron chi connectivity index (χ1n) is 5.94. The summed E-state index contributed by atoms with van der Waals surface area (Å²) in [7, 11) is 0. The average Bonchev–Trinajstić information content (AvgIpc) is 2.14. The van der Waals surface area contributed by atoms with Crippen LogP contribution in [0.3, 0.4) is 0 Å². The molecule has 0 heterocycles. The normalized spacial score (nSPS) is 19.1. The zero-order valence-electron chi connectivity index (χ0n) is 10.8. The van der Waals surface area contributed by atoms with Gasteiger partial charge in [0.1, 0.15) is 5.67 Å². The van der Waals surface area contributed by atoms with E-state index in [0.717, 1.165) is 6.42 Å². The summed E-state index contributed by atoms with van der Waals surface area (Å²) in [4.78, 5) is 0. The van der Waals surface area contributed by atoms with Gasteiger partial charge >= 0.3 is 0 Å². The third-order valence-electron chi connectivity index (χ3n) is 4.08. The van der Waals surface area contributed by atoms with Crippen molar-refractivity contribution in [2.24, 2.45) is 11.3 Å². The van der Waals surface area contributed by atoms with Gasteiger partial charge in [0.15, 0.2) is 0 Å². The third-order valence-corrected chi connectivity index (χ3v) is 4.08. The van der Waals surface area contributed by atoms with E-state index in [-0.39, 0.29) is 0 Å². The molecule has 86 valence electrons. The van der Waals surface area contributed by atoms with Crippen molar-refractivity contribution in [1.82, 2.24) is 0 Å². The second-order valence-electron chi connectivity index (χ2n) is 5.55. The zero-order chi connectivity index (χ0) is 11.4. The predicted octanol–water partition coefficient (Wildman–Crippen LogP) is 4.98. The molecule has 0 spiro atoms. The smallest absolute Gasteiger partial charge is 0.108 e. The first-order valence-corrected chi connectivity index (χ1v) is 5.94. The Morgan fingerprint density at radius 2 is 1.57 bits per heavy atom. The Balaban J connectivity index is 4.02. The molecule has 0 bridgehead atoms. The van der Waals surface area contributed by atoms with E-state index in [1.165, 1.54) is 6.42 Å². The van der Waals surface area contributed by atoms with Gasteiger partial charge in [0.2, 0.25) is 0 Å². The number of alkyl halides is 1. The molecule has 0 rings (SSSR count). The van der Waals surface area contributed by atoms with Crippen LogP contribution in [0.1, 0.15) is 67.2 Å². The van der Waals surface area contributed by atoms with Crippen molar-refractivity contribution < 1.29 is 4.39 Å². The lowest BCUT2D eigenvalue weighted by molar-refractivity contribution is 0.128. The van der Waals surface area contributed by atoms with Crippen molar-refractivity contribution in [3.8, 4) is 0 Å². The molecule has 0 nitrogen and oxygen atoms in total. The van der Waals surface area contributed by atoms with E-state index in [1.54, 1.807) is 6.92 Å². The molecule has 2 unspecified atom stereocenters. The highest BCUT2D eigenvalue weighted by Crippen LogP contribution is 2.35. The maximum Gasteiger partial charge on any atom is 0.108 e. The van der Waals surface area contributed by atoms with Gasteiger partial charge in [-0.3, -0.25) is 0 Å². The van der Waals surface area contributed by atoms with Crippen molar-refractivity contribution >= 4 is 0 Å². The highest BCUT2D eigenvalue weighted by Gasteiger charge is 2.27. The molecule has 1 heteroatoms. The van der Waals surface area contributed by atoms with Gasteiger partial charge in [-0.25, -0.2) is 4.39 Å². The summed E-state index contributed by atoms with van der Waals surface area (Å²) in [6, 6.07) is 0. The van der Waals surface area contributed by atoms with Gasteiger partial charge in [0.05, 0.1) is 0 Å². The molecule has 0 aromatic rings. The molecule has 0 radical (unpaired) electrons. The Morgan fingerprint density at radius 3 is 1.93 bits per heavy atom. The van der Waals surface area contributed by atoms with Crippen LogP contribution < -0.4 is 0 Å². The van der Waals surface area contributed by atoms with E-state index >= 15 is 0 Å². The summed E-state index contributed by atoms with van der Waals surface area (Å²) >= 11 is 0. The molecular weight excluding hydrogens is 175 g/mol. The summed E-state index contributed by atoms with van der Waals surface area (Å²) in [6.45, 7) is 12.7. The topological polar surface area (TPSA) is 0 Å². The van der Waals surface area contributed by atoms with Crippen LogP contribution in [0.25, 0.3) is 0 Å². The van der Waals surface area contributed by atoms with Crippen molar-refractivity contribution in [2.45, 2.75) is 72.9 Å². The first kappa shape index (κ1) is 13.9. The quantitative estimate of drug-likeness (QED) is 0.570. The minimum absolute atomic E-state index is 0.351. The highest BCUT2D eigenvalue weighted by molar-refractivity contribution is 4.78. The monoisotopic (exact) mass is 202 g/mol. The van der Waals surface area contributed by atoms with E-state index < -0.39 is 5.67 Å². The molecule has 0 aromatic heterocycles. The molecule has 0 aliphatic carbocycles. The molecule has 0 N–H and O–H groups in total. The lowest BCUT2D eigenvalue weighted by Crippen LogP contribution is -2.24. The summed E-state index contributed by atoms with van der Waals surface area (Å²) < 4.78 is 13.7. The number of rotatable bonds is 6. The lowest BCUT2D eigenvalue weighted by Gasteiger charge is -2.32. The molecule has 2 atom stereocenters. The molecule has 0 saturated carbocycles. The standard InChI is InChI=1S/C13H27F/c1-7-12(4,5)11(3)9-10-13(6,14)8-2/h11H,7-10H2,1-6H3. The second-order valence-corrected chi connectivity index (χ2v) is 5.55. The fourth-order valence-corrected chi connectivity index (χ4v) is 1.43. The number of hydrogen-bond donors (Lipinski definition) is 0. The van der Waals surface area contributed by atoms with Gasteiger partial charge < -0.3 is 0 Å². The number of halogens is 1. The van der Waals surface area contributed by atoms with Gasteiger partial charge in [-0.1, -0.05) is 41.0 Å². The van der Waals surface area contributed by atoms with Gasteiger partial charge in [0.25, 0.3) is 0 Å². The summed E-state index contributed by atoms with van der Waals surface area (Å²) in [6.07, 6.45) is 3.51. The van der Waals surface area contributed by atoms with E-state index in [1.807, 2.05) is 6.92 Å². The van der Waals surface area contributed by atoms with Crippen LogP contribution in [0.4, 0.5) is 4.39 Å². The van der Waals surface area contributed by atoms with Crippen molar-refractivity contribution in [1.29, 1.82) is 0 Å². The van der Waals surface area contributed by atoms with Crippen LogP contribution in [-0.4, -0.2) is 5.67 Å². The molecule has 0 aliphatic heterocycles. The van der Waals surface area contributed by atoms with Crippen LogP contribution in [0.5, 0.6) is 0 Å². The Labute approximate surface area is 89.3 Å². The Hall–Kier alpha value is -0.0700. The van der Waals surface area contributed by atoms with Crippen LogP contribution >= 0.6 is 0 Å². The van der Waals surface area contributed by atoms with Crippen LogP contribution in [-0.2, 0) is 0 Å². The van der Waals surface area contributed by atoms with Crippen LogP contribution in [0, 0.1) is 11.3 Å². The summed E-state index contributed by atoms with van der Waals surface area (Å²) in [5.41, 5.74) is -0.609. The fraction of sp³-hybridized carbons (Fsp3) is 1.00. The zero-order valence-corrected chi connectivity index (χ0v) is 10.8. The Kier molecular flexibility index (Phi) is 5.11. The molecule has 0 aromatic carbocycles. The summed E-state index contributed by atoms with van der Waals surface area (Å²) in [5.74, 6) is 0.606. The Bertz CT molecular complexity index is 159. The van der Waals surface area contributed by atoms with Crippen LogP contribution in [0.15, 0.2) is 0 Å². The minimum atomic E-state index is -0.960. The van der Waals surface area contributed by atoms with E-state index in [9.17, 15) is 4.39 Å². The molecule has 0 aliphatic rings. The van der Waals surface area contributed by atoms with Gasteiger partial charge in [-0.05, 0) is 37.5 Å². The van der Waals surface area contributed by atoms with Crippen molar-refractivity contribution in [3.05, 3.63) is 0 Å². The van der Waals surface area contributed by atoms with Crippen molar-refractivity contribution in [3.63, 3.8) is 0 Å². The minimum Gasteiger partial charge on any atom is -0.244 e. The number of hydrogen-bond acceptors (Lipinski definition) is 0. The third kappa shape index (κ3) is 4.43.